The van der Waals surface area contributed by atoms with Gasteiger partial charge in [-0.05, 0) is 33.7 Å². The lowest BCUT2D eigenvalue weighted by Gasteiger charge is -2.00. The molecule has 0 aliphatic heterocycles. The van der Waals surface area contributed by atoms with Crippen LogP contribution in [0, 0.1) is 5.41 Å². The van der Waals surface area contributed by atoms with Crippen molar-refractivity contribution in [2.24, 2.45) is 0 Å². The van der Waals surface area contributed by atoms with Gasteiger partial charge in [-0.25, -0.2) is 0 Å². The molecule has 0 aromatic rings. The van der Waals surface area contributed by atoms with E-state index in [4.69, 9.17) is 5.41 Å². The molecule has 0 atom stereocenters. The number of hydrogen-bond acceptors (Lipinski definition) is 2. The summed E-state index contributed by atoms with van der Waals surface area (Å²) in [5.74, 6) is 0. The zero-order valence-electron chi connectivity index (χ0n) is 6.44. The molecule has 0 radical (unpaired) electrons. The quantitative estimate of drug-likeness (QED) is 0.546. The molecule has 54 valence electrons. The molecule has 0 saturated heterocycles. The summed E-state index contributed by atoms with van der Waals surface area (Å²) in [5.41, 5.74) is 0. The molecule has 0 bridgehead atoms. The highest BCUT2D eigenvalue weighted by Crippen LogP contribution is 1.73. The molecule has 0 saturated carbocycles. The summed E-state index contributed by atoms with van der Waals surface area (Å²) in [6.07, 6.45) is 3.94. The molecule has 9 heavy (non-hydrogen) atoms. The van der Waals surface area contributed by atoms with Gasteiger partial charge in [0.15, 0.2) is 0 Å². The lowest BCUT2D eigenvalue weighted by atomic mass is 10.4. The maximum atomic E-state index is 5.50. The van der Waals surface area contributed by atoms with Crippen LogP contribution in [0.4, 0.5) is 0 Å². The van der Waals surface area contributed by atoms with Crippen LogP contribution in [0.1, 0.15) is 20.8 Å². The summed E-state index contributed by atoms with van der Waals surface area (Å²) >= 11 is 0. The molecular formula is C7H16N2. The van der Waals surface area contributed by atoms with Gasteiger partial charge in [0.05, 0.1) is 0 Å². The van der Waals surface area contributed by atoms with Crippen molar-refractivity contribution in [1.82, 2.24) is 5.32 Å². The molecule has 0 amide bonds. The van der Waals surface area contributed by atoms with Gasteiger partial charge >= 0.3 is 0 Å². The molecule has 2 nitrogen and oxygen atoms in total. The molecule has 0 heterocycles. The zero-order chi connectivity index (χ0) is 7.70. The van der Waals surface area contributed by atoms with Gasteiger partial charge in [0.1, 0.15) is 0 Å². The van der Waals surface area contributed by atoms with Crippen molar-refractivity contribution >= 4 is 6.72 Å². The Labute approximate surface area is 57.5 Å². The first kappa shape index (κ1) is 11.1. The van der Waals surface area contributed by atoms with Gasteiger partial charge in [0, 0.05) is 6.04 Å². The van der Waals surface area contributed by atoms with Gasteiger partial charge in [-0.2, -0.15) is 0 Å². The monoisotopic (exact) mass is 128 g/mol. The van der Waals surface area contributed by atoms with E-state index in [2.05, 4.69) is 25.9 Å². The van der Waals surface area contributed by atoms with Crippen LogP contribution in [-0.2, 0) is 0 Å². The summed E-state index contributed by atoms with van der Waals surface area (Å²) in [5, 5.41) is 8.61. The van der Waals surface area contributed by atoms with Crippen LogP contribution < -0.4 is 5.32 Å². The second kappa shape index (κ2) is 10.2. The van der Waals surface area contributed by atoms with Crippen LogP contribution >= 0.6 is 0 Å². The average molecular weight is 128 g/mol. The molecule has 2 heteroatoms. The normalized spacial score (nSPS) is 8.89. The van der Waals surface area contributed by atoms with Crippen molar-refractivity contribution < 1.29 is 0 Å². The van der Waals surface area contributed by atoms with E-state index in [0.717, 1.165) is 0 Å². The first-order valence-corrected chi connectivity index (χ1v) is 3.00. The Morgan fingerprint density at radius 1 is 1.44 bits per heavy atom. The van der Waals surface area contributed by atoms with E-state index in [1.807, 2.05) is 19.2 Å². The third-order valence-corrected chi connectivity index (χ3v) is 0.596. The Hall–Kier alpha value is -0.790. The van der Waals surface area contributed by atoms with E-state index in [9.17, 15) is 0 Å². The minimum Gasteiger partial charge on any atom is -0.389 e. The first-order chi connectivity index (χ1) is 4.27. The Bertz CT molecular complexity index is 67.3. The molecule has 0 aromatic carbocycles. The molecule has 0 fully saturated rings. The molecule has 2 N–H and O–H groups in total. The third kappa shape index (κ3) is 19.0. The zero-order valence-corrected chi connectivity index (χ0v) is 6.44. The topological polar surface area (TPSA) is 35.9 Å². The molecule has 0 rings (SSSR count). The highest BCUT2D eigenvalue weighted by molar-refractivity contribution is 5.15. The van der Waals surface area contributed by atoms with E-state index in [1.54, 1.807) is 0 Å². The van der Waals surface area contributed by atoms with Crippen LogP contribution in [0.2, 0.25) is 0 Å². The lowest BCUT2D eigenvalue weighted by Crippen LogP contribution is -2.14. The van der Waals surface area contributed by atoms with E-state index < -0.39 is 0 Å². The van der Waals surface area contributed by atoms with E-state index in [0.29, 0.717) is 6.04 Å². The predicted octanol–water partition coefficient (Wildman–Crippen LogP) is 1.78. The van der Waals surface area contributed by atoms with Crippen LogP contribution in [0.3, 0.4) is 0 Å². The Kier molecular flexibility index (Phi) is 12.6. The van der Waals surface area contributed by atoms with Crippen LogP contribution in [0.5, 0.6) is 0 Å². The van der Waals surface area contributed by atoms with E-state index in [1.165, 1.54) is 0 Å². The molecule has 0 spiro atoms. The summed E-state index contributed by atoms with van der Waals surface area (Å²) in [6.45, 7) is 8.72. The summed E-state index contributed by atoms with van der Waals surface area (Å²) in [6, 6.07) is 0.566. The first-order valence-electron chi connectivity index (χ1n) is 3.00. The van der Waals surface area contributed by atoms with E-state index in [-0.39, 0.29) is 0 Å². The maximum Gasteiger partial charge on any atom is 0.0199 e. The van der Waals surface area contributed by atoms with Crippen molar-refractivity contribution in [3.05, 3.63) is 12.3 Å². The van der Waals surface area contributed by atoms with Gasteiger partial charge in [-0.3, -0.25) is 0 Å². The minimum absolute atomic E-state index is 0.566. The predicted molar refractivity (Wildman–Crippen MR) is 42.9 cm³/mol. The minimum atomic E-state index is 0.566. The fourth-order valence-electron chi connectivity index (χ4n) is 0.289. The van der Waals surface area contributed by atoms with Gasteiger partial charge in [0.25, 0.3) is 0 Å². The largest absolute Gasteiger partial charge is 0.389 e. The Morgan fingerprint density at radius 2 is 1.89 bits per heavy atom. The number of rotatable bonds is 2. The van der Waals surface area contributed by atoms with Gasteiger partial charge in [-0.15, -0.1) is 0 Å². The number of hydrogen-bond donors (Lipinski definition) is 2. The summed E-state index contributed by atoms with van der Waals surface area (Å²) in [7, 11) is 0. The third-order valence-electron chi connectivity index (χ3n) is 0.596. The maximum absolute atomic E-state index is 5.50. The molecular weight excluding hydrogens is 112 g/mol. The highest BCUT2D eigenvalue weighted by Gasteiger charge is 1.79. The second-order valence-corrected chi connectivity index (χ2v) is 1.82. The van der Waals surface area contributed by atoms with Crippen LogP contribution in [0.15, 0.2) is 12.3 Å². The molecule has 0 aliphatic carbocycles. The molecule has 0 aromatic heterocycles. The Morgan fingerprint density at radius 3 is 2.00 bits per heavy atom. The van der Waals surface area contributed by atoms with Crippen molar-refractivity contribution in [3.8, 4) is 0 Å². The lowest BCUT2D eigenvalue weighted by molar-refractivity contribution is 0.702. The van der Waals surface area contributed by atoms with Crippen molar-refractivity contribution in [2.45, 2.75) is 26.8 Å². The molecule has 0 unspecified atom stereocenters. The van der Waals surface area contributed by atoms with Crippen LogP contribution in [0.25, 0.3) is 0 Å². The summed E-state index contributed by atoms with van der Waals surface area (Å²) < 4.78 is 0. The fraction of sp³-hybridized carbons (Fsp3) is 0.571. The van der Waals surface area contributed by atoms with E-state index >= 15 is 0 Å². The number of allylic oxidation sites excluding steroid dienone is 1. The smallest absolute Gasteiger partial charge is 0.0199 e. The molecule has 0 aliphatic rings. The Balaban J connectivity index is 0. The van der Waals surface area contributed by atoms with Gasteiger partial charge in [-0.1, -0.05) is 6.08 Å². The van der Waals surface area contributed by atoms with Crippen LogP contribution in [-0.4, -0.2) is 12.8 Å². The second-order valence-electron chi connectivity index (χ2n) is 1.82. The van der Waals surface area contributed by atoms with Gasteiger partial charge in [0.2, 0.25) is 0 Å². The summed E-state index contributed by atoms with van der Waals surface area (Å²) in [4.78, 5) is 0. The van der Waals surface area contributed by atoms with Crippen molar-refractivity contribution in [3.63, 3.8) is 0 Å². The highest BCUT2D eigenvalue weighted by atomic mass is 14.9. The number of nitrogens with one attached hydrogen (secondary N) is 2. The average Bonchev–Trinajstić information content (AvgIpc) is 1.88. The standard InChI is InChI=1S/C6H13N.CH3N/c1-4-5-7-6(2)3;1-2/h4-7H,1-3H3;2H,1H2/b5-4-;. The van der Waals surface area contributed by atoms with Crippen molar-refractivity contribution in [2.75, 3.05) is 0 Å². The van der Waals surface area contributed by atoms with Crippen molar-refractivity contribution in [1.29, 1.82) is 5.41 Å². The SMILES string of the molecule is C/C=C\NC(C)C.C=N. The fourth-order valence-corrected chi connectivity index (χ4v) is 0.289. The van der Waals surface area contributed by atoms with Gasteiger partial charge < -0.3 is 10.7 Å².